The second kappa shape index (κ2) is 8.09. The summed E-state index contributed by atoms with van der Waals surface area (Å²) in [7, 11) is 1.80. The fourth-order valence-electron chi connectivity index (χ4n) is 2.24. The summed E-state index contributed by atoms with van der Waals surface area (Å²) >= 11 is 1.77. The summed E-state index contributed by atoms with van der Waals surface area (Å²) in [6.07, 6.45) is 4.65. The van der Waals surface area contributed by atoms with E-state index in [0.29, 0.717) is 0 Å². The molecule has 0 bridgehead atoms. The number of hydrogen-bond acceptors (Lipinski definition) is 4. The summed E-state index contributed by atoms with van der Waals surface area (Å²) in [5, 5.41) is 9.95. The smallest absolute Gasteiger partial charge is 0.190 e. The van der Waals surface area contributed by atoms with E-state index in [2.05, 4.69) is 32.8 Å². The molecule has 0 atom stereocenters. The third-order valence-corrected chi connectivity index (χ3v) is 4.31. The summed E-state index contributed by atoms with van der Waals surface area (Å²) in [6, 6.07) is 0. The maximum absolute atomic E-state index is 4.72. The van der Waals surface area contributed by atoms with Crippen molar-refractivity contribution in [3.8, 4) is 0 Å². The highest BCUT2D eigenvalue weighted by atomic mass is 32.1. The molecule has 1 aromatic heterocycles. The minimum Gasteiger partial charge on any atom is -0.356 e. The lowest BCUT2D eigenvalue weighted by atomic mass is 10.3. The standard InChI is InChI=1S/C14H25N5S/c1-3-7-16-13(15-2)17-8-6-12-11-20-14(18-12)19-9-4-5-10-19/h11H,3-10H2,1-2H3,(H2,15,16,17). The fourth-order valence-corrected chi connectivity index (χ4v) is 3.15. The first-order valence-electron chi connectivity index (χ1n) is 7.47. The normalized spacial score (nSPS) is 15.7. The molecule has 6 heteroatoms. The second-order valence-corrected chi connectivity index (χ2v) is 5.83. The van der Waals surface area contributed by atoms with Gasteiger partial charge in [0, 0.05) is 45.0 Å². The van der Waals surface area contributed by atoms with E-state index in [1.807, 2.05) is 0 Å². The second-order valence-electron chi connectivity index (χ2n) is 4.99. The molecule has 0 aromatic carbocycles. The van der Waals surface area contributed by atoms with Crippen molar-refractivity contribution in [3.63, 3.8) is 0 Å². The molecule has 0 saturated carbocycles. The number of hydrogen-bond donors (Lipinski definition) is 2. The molecular formula is C14H25N5S. The van der Waals surface area contributed by atoms with Gasteiger partial charge in [0.05, 0.1) is 5.69 Å². The molecule has 1 fully saturated rings. The van der Waals surface area contributed by atoms with Crippen molar-refractivity contribution >= 4 is 22.4 Å². The maximum Gasteiger partial charge on any atom is 0.190 e. The zero-order chi connectivity index (χ0) is 14.2. The molecule has 0 radical (unpaired) electrons. The summed E-state index contributed by atoms with van der Waals surface area (Å²) in [6.45, 7) is 6.30. The van der Waals surface area contributed by atoms with Crippen LogP contribution in [0.25, 0.3) is 0 Å². The zero-order valence-corrected chi connectivity index (χ0v) is 13.3. The van der Waals surface area contributed by atoms with Gasteiger partial charge in [-0.2, -0.15) is 0 Å². The van der Waals surface area contributed by atoms with E-state index in [1.54, 1.807) is 18.4 Å². The number of nitrogens with one attached hydrogen (secondary N) is 2. The van der Waals surface area contributed by atoms with E-state index in [-0.39, 0.29) is 0 Å². The third-order valence-electron chi connectivity index (χ3n) is 3.36. The Morgan fingerprint density at radius 1 is 1.35 bits per heavy atom. The number of rotatable bonds is 6. The Morgan fingerprint density at radius 2 is 2.10 bits per heavy atom. The van der Waals surface area contributed by atoms with Crippen LogP contribution in [0.1, 0.15) is 31.9 Å². The van der Waals surface area contributed by atoms with Crippen LogP contribution in [0.3, 0.4) is 0 Å². The van der Waals surface area contributed by atoms with Crippen molar-refractivity contribution in [1.29, 1.82) is 0 Å². The molecule has 2 N–H and O–H groups in total. The molecule has 0 unspecified atom stereocenters. The lowest BCUT2D eigenvalue weighted by molar-refractivity contribution is 0.768. The monoisotopic (exact) mass is 295 g/mol. The highest BCUT2D eigenvalue weighted by molar-refractivity contribution is 7.13. The van der Waals surface area contributed by atoms with E-state index in [4.69, 9.17) is 4.98 Å². The molecule has 1 aliphatic heterocycles. The molecule has 1 aliphatic rings. The van der Waals surface area contributed by atoms with Gasteiger partial charge in [-0.25, -0.2) is 4.98 Å². The van der Waals surface area contributed by atoms with Crippen LogP contribution in [0.2, 0.25) is 0 Å². The predicted molar refractivity (Wildman–Crippen MR) is 86.9 cm³/mol. The van der Waals surface area contributed by atoms with Gasteiger partial charge >= 0.3 is 0 Å². The number of anilines is 1. The van der Waals surface area contributed by atoms with E-state index in [0.717, 1.165) is 31.9 Å². The van der Waals surface area contributed by atoms with E-state index >= 15 is 0 Å². The maximum atomic E-state index is 4.72. The minimum absolute atomic E-state index is 0.868. The lowest BCUT2D eigenvalue weighted by Crippen LogP contribution is -2.38. The van der Waals surface area contributed by atoms with Crippen molar-refractivity contribution in [3.05, 3.63) is 11.1 Å². The van der Waals surface area contributed by atoms with Gasteiger partial charge in [0.15, 0.2) is 11.1 Å². The Balaban J connectivity index is 1.73. The van der Waals surface area contributed by atoms with Crippen LogP contribution in [0.5, 0.6) is 0 Å². The molecule has 0 amide bonds. The molecule has 20 heavy (non-hydrogen) atoms. The SMILES string of the molecule is CCCNC(=NC)NCCc1csc(N2CCCC2)n1. The van der Waals surface area contributed by atoms with Gasteiger partial charge in [0.25, 0.3) is 0 Å². The van der Waals surface area contributed by atoms with Gasteiger partial charge in [-0.15, -0.1) is 11.3 Å². The van der Waals surface area contributed by atoms with Crippen molar-refractivity contribution < 1.29 is 0 Å². The first-order valence-corrected chi connectivity index (χ1v) is 8.35. The van der Waals surface area contributed by atoms with Crippen LogP contribution in [-0.4, -0.2) is 44.2 Å². The molecule has 0 aliphatic carbocycles. The quantitative estimate of drug-likeness (QED) is 0.621. The van der Waals surface area contributed by atoms with Crippen molar-refractivity contribution in [2.24, 2.45) is 4.99 Å². The Bertz CT molecular complexity index is 423. The predicted octanol–water partition coefficient (Wildman–Crippen LogP) is 1.86. The highest BCUT2D eigenvalue weighted by Gasteiger charge is 2.15. The van der Waals surface area contributed by atoms with E-state index in [9.17, 15) is 0 Å². The van der Waals surface area contributed by atoms with Gasteiger partial charge in [0.1, 0.15) is 0 Å². The molecule has 5 nitrogen and oxygen atoms in total. The largest absolute Gasteiger partial charge is 0.356 e. The summed E-state index contributed by atoms with van der Waals surface area (Å²) < 4.78 is 0. The van der Waals surface area contributed by atoms with Gasteiger partial charge < -0.3 is 15.5 Å². The van der Waals surface area contributed by atoms with Gasteiger partial charge in [0.2, 0.25) is 0 Å². The molecule has 2 heterocycles. The number of aliphatic imine (C=N–C) groups is 1. The first-order chi connectivity index (χ1) is 9.83. The van der Waals surface area contributed by atoms with Crippen molar-refractivity contribution in [2.75, 3.05) is 38.1 Å². The number of thiazole rings is 1. The number of aromatic nitrogens is 1. The van der Waals surface area contributed by atoms with Crippen LogP contribution < -0.4 is 15.5 Å². The summed E-state index contributed by atoms with van der Waals surface area (Å²) in [5.41, 5.74) is 1.18. The lowest BCUT2D eigenvalue weighted by Gasteiger charge is -2.12. The summed E-state index contributed by atoms with van der Waals surface area (Å²) in [5.74, 6) is 0.877. The molecule has 1 aromatic rings. The third kappa shape index (κ3) is 4.37. The van der Waals surface area contributed by atoms with Gasteiger partial charge in [-0.1, -0.05) is 6.92 Å². The Hall–Kier alpha value is -1.30. The Morgan fingerprint density at radius 3 is 2.80 bits per heavy atom. The van der Waals surface area contributed by atoms with Crippen molar-refractivity contribution in [1.82, 2.24) is 15.6 Å². The zero-order valence-electron chi connectivity index (χ0n) is 12.5. The van der Waals surface area contributed by atoms with Crippen LogP contribution >= 0.6 is 11.3 Å². The summed E-state index contributed by atoms with van der Waals surface area (Å²) in [4.78, 5) is 11.3. The minimum atomic E-state index is 0.868. The topological polar surface area (TPSA) is 52.6 Å². The first kappa shape index (κ1) is 15.1. The van der Waals surface area contributed by atoms with Crippen LogP contribution in [0.4, 0.5) is 5.13 Å². The molecule has 112 valence electrons. The fraction of sp³-hybridized carbons (Fsp3) is 0.714. The molecular weight excluding hydrogens is 270 g/mol. The Kier molecular flexibility index (Phi) is 6.11. The average molecular weight is 295 g/mol. The highest BCUT2D eigenvalue weighted by Crippen LogP contribution is 2.24. The van der Waals surface area contributed by atoms with Gasteiger partial charge in [-0.3, -0.25) is 4.99 Å². The van der Waals surface area contributed by atoms with Gasteiger partial charge in [-0.05, 0) is 19.3 Å². The van der Waals surface area contributed by atoms with Crippen LogP contribution in [0.15, 0.2) is 10.4 Å². The Labute approximate surface area is 125 Å². The number of nitrogens with zero attached hydrogens (tertiary/aromatic N) is 3. The molecule has 0 spiro atoms. The van der Waals surface area contributed by atoms with E-state index < -0.39 is 0 Å². The van der Waals surface area contributed by atoms with Crippen LogP contribution in [-0.2, 0) is 6.42 Å². The van der Waals surface area contributed by atoms with Crippen LogP contribution in [0, 0.1) is 0 Å². The molecule has 2 rings (SSSR count). The van der Waals surface area contributed by atoms with E-state index in [1.165, 1.54) is 36.8 Å². The van der Waals surface area contributed by atoms with Crippen molar-refractivity contribution in [2.45, 2.75) is 32.6 Å². The molecule has 1 saturated heterocycles. The average Bonchev–Trinajstić information content (AvgIpc) is 3.13. The number of guanidine groups is 1.